The van der Waals surface area contributed by atoms with E-state index in [4.69, 9.17) is 0 Å². The van der Waals surface area contributed by atoms with E-state index in [-0.39, 0.29) is 30.8 Å². The third kappa shape index (κ3) is 3.67. The van der Waals surface area contributed by atoms with E-state index < -0.39 is 32.4 Å². The largest absolute Gasteiger partial charge is 0.339 e. The van der Waals surface area contributed by atoms with E-state index in [2.05, 4.69) is 4.72 Å². The van der Waals surface area contributed by atoms with Crippen LogP contribution in [0, 0.1) is 23.4 Å². The lowest BCUT2D eigenvalue weighted by atomic mass is 10.1. The fraction of sp³-hybridized carbons (Fsp3) is 0.562. The van der Waals surface area contributed by atoms with Gasteiger partial charge in [-0.1, -0.05) is 12.8 Å². The Bertz CT molecular complexity index is 779. The van der Waals surface area contributed by atoms with Gasteiger partial charge in [0.1, 0.15) is 4.90 Å². The smallest absolute Gasteiger partial charge is 0.243 e. The Morgan fingerprint density at radius 1 is 1.12 bits per heavy atom. The molecule has 2 aliphatic rings. The number of hydrogen-bond donors (Lipinski definition) is 1. The SMILES string of the molecule is O=C1C[C@H](CNS(=O)(=O)c2ccc(F)c(F)c2F)CN1C1CCCC1. The van der Waals surface area contributed by atoms with Crippen molar-refractivity contribution in [3.63, 3.8) is 0 Å². The fourth-order valence-electron chi connectivity index (χ4n) is 3.54. The molecule has 5 nitrogen and oxygen atoms in total. The van der Waals surface area contributed by atoms with Crippen LogP contribution in [0.3, 0.4) is 0 Å². The highest BCUT2D eigenvalue weighted by Crippen LogP contribution is 2.29. The molecule has 1 atom stereocenters. The number of sulfonamides is 1. The van der Waals surface area contributed by atoms with Gasteiger partial charge in [-0.3, -0.25) is 4.79 Å². The highest BCUT2D eigenvalue weighted by molar-refractivity contribution is 7.89. The molecule has 0 unspecified atom stereocenters. The van der Waals surface area contributed by atoms with Crippen molar-refractivity contribution in [2.24, 2.45) is 5.92 Å². The van der Waals surface area contributed by atoms with Gasteiger partial charge in [-0.15, -0.1) is 0 Å². The first-order valence-corrected chi connectivity index (χ1v) is 9.70. The van der Waals surface area contributed by atoms with Crippen LogP contribution in [0.2, 0.25) is 0 Å². The van der Waals surface area contributed by atoms with Crippen LogP contribution in [0.25, 0.3) is 0 Å². The minimum Gasteiger partial charge on any atom is -0.339 e. The van der Waals surface area contributed by atoms with Crippen molar-refractivity contribution in [3.8, 4) is 0 Å². The lowest BCUT2D eigenvalue weighted by Gasteiger charge is -2.24. The minimum atomic E-state index is -4.33. The lowest BCUT2D eigenvalue weighted by molar-refractivity contribution is -0.129. The first-order valence-electron chi connectivity index (χ1n) is 8.22. The molecule has 1 saturated heterocycles. The second kappa shape index (κ2) is 6.95. The van der Waals surface area contributed by atoms with Crippen molar-refractivity contribution in [1.82, 2.24) is 9.62 Å². The van der Waals surface area contributed by atoms with Gasteiger partial charge in [0.05, 0.1) is 0 Å². The Balaban J connectivity index is 1.65. The Labute approximate surface area is 144 Å². The molecule has 1 aliphatic carbocycles. The van der Waals surface area contributed by atoms with Gasteiger partial charge in [-0.05, 0) is 30.9 Å². The molecular formula is C16H19F3N2O3S. The van der Waals surface area contributed by atoms with Crippen LogP contribution in [-0.4, -0.2) is 38.4 Å². The van der Waals surface area contributed by atoms with Crippen molar-refractivity contribution < 1.29 is 26.4 Å². The summed E-state index contributed by atoms with van der Waals surface area (Å²) in [7, 11) is -4.33. The minimum absolute atomic E-state index is 0.00453. The van der Waals surface area contributed by atoms with Crippen LogP contribution >= 0.6 is 0 Å². The van der Waals surface area contributed by atoms with Crippen molar-refractivity contribution in [3.05, 3.63) is 29.6 Å². The quantitative estimate of drug-likeness (QED) is 0.801. The predicted molar refractivity (Wildman–Crippen MR) is 83.6 cm³/mol. The maximum Gasteiger partial charge on any atom is 0.243 e. The van der Waals surface area contributed by atoms with Gasteiger partial charge < -0.3 is 4.90 Å². The number of carbonyl (C=O) groups excluding carboxylic acids is 1. The summed E-state index contributed by atoms with van der Waals surface area (Å²) >= 11 is 0. The molecule has 2 fully saturated rings. The number of hydrogen-bond acceptors (Lipinski definition) is 3. The average Bonchev–Trinajstić information content (AvgIpc) is 3.20. The van der Waals surface area contributed by atoms with Gasteiger partial charge in [0, 0.05) is 25.6 Å². The van der Waals surface area contributed by atoms with Gasteiger partial charge in [0.15, 0.2) is 17.5 Å². The van der Waals surface area contributed by atoms with Crippen molar-refractivity contribution >= 4 is 15.9 Å². The van der Waals surface area contributed by atoms with E-state index in [1.807, 2.05) is 0 Å². The topological polar surface area (TPSA) is 66.5 Å². The molecule has 3 rings (SSSR count). The molecule has 1 amide bonds. The predicted octanol–water partition coefficient (Wildman–Crippen LogP) is 2.17. The number of carbonyl (C=O) groups is 1. The molecule has 9 heteroatoms. The summed E-state index contributed by atoms with van der Waals surface area (Å²) < 4.78 is 66.4. The highest BCUT2D eigenvalue weighted by atomic mass is 32.2. The number of halogens is 3. The van der Waals surface area contributed by atoms with E-state index in [1.165, 1.54) is 0 Å². The first-order chi connectivity index (χ1) is 11.8. The normalized spacial score (nSPS) is 22.1. The van der Waals surface area contributed by atoms with Crippen LogP contribution in [0.1, 0.15) is 32.1 Å². The summed E-state index contributed by atoms with van der Waals surface area (Å²) in [5.41, 5.74) is 0. The number of likely N-dealkylation sites (tertiary alicyclic amines) is 1. The van der Waals surface area contributed by atoms with E-state index in [0.717, 1.165) is 25.7 Å². The molecule has 1 saturated carbocycles. The zero-order valence-corrected chi connectivity index (χ0v) is 14.3. The maximum atomic E-state index is 13.7. The lowest BCUT2D eigenvalue weighted by Crippen LogP contribution is -2.36. The molecule has 0 radical (unpaired) electrons. The Morgan fingerprint density at radius 3 is 2.48 bits per heavy atom. The van der Waals surface area contributed by atoms with Crippen molar-refractivity contribution in [1.29, 1.82) is 0 Å². The van der Waals surface area contributed by atoms with Gasteiger partial charge in [0.25, 0.3) is 0 Å². The standard InChI is InChI=1S/C16H19F3N2O3S/c17-12-5-6-13(16(19)15(12)18)25(23,24)20-8-10-7-14(22)21(9-10)11-3-1-2-4-11/h5-6,10-11,20H,1-4,7-9H2/t10-/m1/s1. The number of nitrogens with one attached hydrogen (secondary N) is 1. The first kappa shape index (κ1) is 18.2. The number of amides is 1. The third-order valence-corrected chi connectivity index (χ3v) is 6.30. The zero-order valence-electron chi connectivity index (χ0n) is 13.5. The van der Waals surface area contributed by atoms with E-state index >= 15 is 0 Å². The summed E-state index contributed by atoms with van der Waals surface area (Å²) in [6.45, 7) is 0.391. The Morgan fingerprint density at radius 2 is 1.80 bits per heavy atom. The fourth-order valence-corrected chi connectivity index (χ4v) is 4.72. The molecule has 1 aromatic rings. The second-order valence-electron chi connectivity index (χ2n) is 6.58. The molecular weight excluding hydrogens is 357 g/mol. The maximum absolute atomic E-state index is 13.7. The summed E-state index contributed by atoms with van der Waals surface area (Å²) in [6.07, 6.45) is 4.32. The molecule has 1 heterocycles. The zero-order chi connectivity index (χ0) is 18.2. The summed E-state index contributed by atoms with van der Waals surface area (Å²) in [5.74, 6) is -5.26. The van der Waals surface area contributed by atoms with Gasteiger partial charge >= 0.3 is 0 Å². The summed E-state index contributed by atoms with van der Waals surface area (Å²) in [6, 6.07) is 1.46. The van der Waals surface area contributed by atoms with Gasteiger partial charge in [0.2, 0.25) is 15.9 Å². The summed E-state index contributed by atoms with van der Waals surface area (Å²) in [5, 5.41) is 0. The van der Waals surface area contributed by atoms with E-state index in [0.29, 0.717) is 18.7 Å². The molecule has 0 bridgehead atoms. The number of benzene rings is 1. The van der Waals surface area contributed by atoms with Crippen LogP contribution < -0.4 is 4.72 Å². The van der Waals surface area contributed by atoms with Gasteiger partial charge in [-0.2, -0.15) is 0 Å². The monoisotopic (exact) mass is 376 g/mol. The number of rotatable bonds is 5. The van der Waals surface area contributed by atoms with E-state index in [1.54, 1.807) is 4.90 Å². The summed E-state index contributed by atoms with van der Waals surface area (Å²) in [4.78, 5) is 13.0. The molecule has 0 aromatic heterocycles. The van der Waals surface area contributed by atoms with Gasteiger partial charge in [-0.25, -0.2) is 26.3 Å². The second-order valence-corrected chi connectivity index (χ2v) is 8.32. The Hall–Kier alpha value is -1.61. The highest BCUT2D eigenvalue weighted by Gasteiger charge is 2.36. The molecule has 1 aliphatic heterocycles. The molecule has 138 valence electrons. The van der Waals surface area contributed by atoms with Crippen LogP contribution in [0.4, 0.5) is 13.2 Å². The molecule has 25 heavy (non-hydrogen) atoms. The average molecular weight is 376 g/mol. The molecule has 0 spiro atoms. The number of nitrogens with zero attached hydrogens (tertiary/aromatic N) is 1. The van der Waals surface area contributed by atoms with Crippen molar-refractivity contribution in [2.45, 2.75) is 43.0 Å². The van der Waals surface area contributed by atoms with Crippen LogP contribution in [-0.2, 0) is 14.8 Å². The molecule has 1 aromatic carbocycles. The molecule has 1 N–H and O–H groups in total. The van der Waals surface area contributed by atoms with E-state index in [9.17, 15) is 26.4 Å². The van der Waals surface area contributed by atoms with Crippen LogP contribution in [0.15, 0.2) is 17.0 Å². The van der Waals surface area contributed by atoms with Crippen molar-refractivity contribution in [2.75, 3.05) is 13.1 Å². The third-order valence-electron chi connectivity index (χ3n) is 4.86. The Kier molecular flexibility index (Phi) is 5.06. The van der Waals surface area contributed by atoms with Crippen LogP contribution in [0.5, 0.6) is 0 Å².